The minimum atomic E-state index is -0.382. The van der Waals surface area contributed by atoms with E-state index in [1.54, 1.807) is 23.1 Å². The van der Waals surface area contributed by atoms with Crippen molar-refractivity contribution in [2.75, 3.05) is 6.54 Å². The van der Waals surface area contributed by atoms with Gasteiger partial charge in [-0.05, 0) is 43.2 Å². The number of pyridine rings is 1. The van der Waals surface area contributed by atoms with Crippen LogP contribution >= 0.6 is 34.8 Å². The van der Waals surface area contributed by atoms with Gasteiger partial charge >= 0.3 is 0 Å². The highest BCUT2D eigenvalue weighted by atomic mass is 35.5. The third kappa shape index (κ3) is 5.19. The number of halogens is 3. The van der Waals surface area contributed by atoms with Crippen LogP contribution in [0.3, 0.4) is 0 Å². The van der Waals surface area contributed by atoms with Gasteiger partial charge in [0.1, 0.15) is 17.9 Å². The van der Waals surface area contributed by atoms with Crippen molar-refractivity contribution >= 4 is 40.7 Å². The molecule has 0 saturated carbocycles. The van der Waals surface area contributed by atoms with Gasteiger partial charge in [-0.1, -0.05) is 40.9 Å². The molecule has 1 aromatic carbocycles. The number of likely N-dealkylation sites (tertiary alicyclic amines) is 1. The van der Waals surface area contributed by atoms with E-state index in [2.05, 4.69) is 15.0 Å². The number of carbonyl (C=O) groups is 1. The standard InChI is InChI=1S/C23H18Cl3N5O2/c1-13(33-22-5-3-16(24)11-29-22)20-9-15(14-2-4-17(25)18(26)8-14)12-31(20)23(32)19-6-7-28-21(10-27)30-19/h2-8,11,13,15,20H,9,12H2,1H3. The summed E-state index contributed by atoms with van der Waals surface area (Å²) in [7, 11) is 0. The summed E-state index contributed by atoms with van der Waals surface area (Å²) in [5.41, 5.74) is 1.13. The number of hydrogen-bond acceptors (Lipinski definition) is 6. The van der Waals surface area contributed by atoms with Gasteiger partial charge in [-0.2, -0.15) is 5.26 Å². The molecule has 0 radical (unpaired) electrons. The lowest BCUT2D eigenvalue weighted by Gasteiger charge is -2.29. The van der Waals surface area contributed by atoms with Crippen LogP contribution in [0.25, 0.3) is 0 Å². The Bertz CT molecular complexity index is 1220. The van der Waals surface area contributed by atoms with E-state index < -0.39 is 0 Å². The molecule has 33 heavy (non-hydrogen) atoms. The molecule has 1 saturated heterocycles. The van der Waals surface area contributed by atoms with Gasteiger partial charge in [0.2, 0.25) is 11.7 Å². The summed E-state index contributed by atoms with van der Waals surface area (Å²) in [5.74, 6) is 0.0505. The number of ether oxygens (including phenoxy) is 1. The van der Waals surface area contributed by atoms with Crippen molar-refractivity contribution < 1.29 is 9.53 Å². The summed E-state index contributed by atoms with van der Waals surface area (Å²) >= 11 is 18.2. The van der Waals surface area contributed by atoms with Gasteiger partial charge in [0.25, 0.3) is 5.91 Å². The fraction of sp³-hybridized carbons (Fsp3) is 0.261. The molecule has 0 spiro atoms. The van der Waals surface area contributed by atoms with Gasteiger partial charge in [0, 0.05) is 30.9 Å². The van der Waals surface area contributed by atoms with Crippen LogP contribution in [0.4, 0.5) is 0 Å². The predicted octanol–water partition coefficient (Wildman–Crippen LogP) is 5.17. The average molecular weight is 503 g/mol. The van der Waals surface area contributed by atoms with E-state index in [4.69, 9.17) is 44.8 Å². The molecular formula is C23H18Cl3N5O2. The SMILES string of the molecule is CC(Oc1ccc(Cl)cn1)C1CC(c2ccc(Cl)c(Cl)c2)CN1C(=O)c1ccnc(C#N)n1. The smallest absolute Gasteiger partial charge is 0.273 e. The third-order valence-corrected chi connectivity index (χ3v) is 6.51. The molecule has 7 nitrogen and oxygen atoms in total. The Labute approximate surface area is 205 Å². The van der Waals surface area contributed by atoms with E-state index in [1.807, 2.05) is 25.1 Å². The topological polar surface area (TPSA) is 92.0 Å². The summed E-state index contributed by atoms with van der Waals surface area (Å²) < 4.78 is 6.05. The molecule has 1 aliphatic rings. The molecule has 4 rings (SSSR count). The van der Waals surface area contributed by atoms with Crippen LogP contribution in [-0.2, 0) is 0 Å². The van der Waals surface area contributed by atoms with Crippen LogP contribution < -0.4 is 4.74 Å². The minimum Gasteiger partial charge on any atom is -0.472 e. The van der Waals surface area contributed by atoms with Gasteiger partial charge in [-0.15, -0.1) is 0 Å². The first-order valence-electron chi connectivity index (χ1n) is 10.1. The fourth-order valence-corrected chi connectivity index (χ4v) is 4.35. The molecule has 10 heteroatoms. The van der Waals surface area contributed by atoms with Crippen LogP contribution in [0.1, 0.15) is 41.1 Å². The first kappa shape index (κ1) is 23.2. The number of aromatic nitrogens is 3. The maximum absolute atomic E-state index is 13.4. The average Bonchev–Trinajstić information content (AvgIpc) is 3.27. The van der Waals surface area contributed by atoms with Crippen LogP contribution in [0.2, 0.25) is 15.1 Å². The molecule has 0 aliphatic carbocycles. The Hall–Kier alpha value is -2.92. The molecule has 1 aliphatic heterocycles. The second-order valence-electron chi connectivity index (χ2n) is 7.65. The molecule has 3 heterocycles. The summed E-state index contributed by atoms with van der Waals surface area (Å²) in [5, 5.41) is 10.5. The van der Waals surface area contributed by atoms with E-state index in [-0.39, 0.29) is 35.5 Å². The van der Waals surface area contributed by atoms with Crippen molar-refractivity contribution in [3.63, 3.8) is 0 Å². The van der Waals surface area contributed by atoms with Gasteiger partial charge in [-0.25, -0.2) is 15.0 Å². The van der Waals surface area contributed by atoms with E-state index >= 15 is 0 Å². The summed E-state index contributed by atoms with van der Waals surface area (Å²) in [4.78, 5) is 27.3. The normalized spacial score (nSPS) is 18.6. The largest absolute Gasteiger partial charge is 0.472 e. The summed E-state index contributed by atoms with van der Waals surface area (Å²) in [6.07, 6.45) is 3.16. The zero-order chi connectivity index (χ0) is 23.5. The highest BCUT2D eigenvalue weighted by molar-refractivity contribution is 6.42. The second kappa shape index (κ2) is 9.92. The van der Waals surface area contributed by atoms with E-state index in [9.17, 15) is 4.79 Å². The van der Waals surface area contributed by atoms with Crippen molar-refractivity contribution in [1.82, 2.24) is 19.9 Å². The Morgan fingerprint density at radius 2 is 2.00 bits per heavy atom. The monoisotopic (exact) mass is 501 g/mol. The molecule has 0 N–H and O–H groups in total. The number of rotatable bonds is 5. The van der Waals surface area contributed by atoms with E-state index in [0.29, 0.717) is 33.9 Å². The quantitative estimate of drug-likeness (QED) is 0.478. The Morgan fingerprint density at radius 3 is 2.70 bits per heavy atom. The van der Waals surface area contributed by atoms with Crippen molar-refractivity contribution in [2.24, 2.45) is 0 Å². The van der Waals surface area contributed by atoms with Gasteiger partial charge in [0.05, 0.1) is 21.1 Å². The van der Waals surface area contributed by atoms with Crippen LogP contribution in [-0.4, -0.2) is 44.4 Å². The molecule has 3 aromatic rings. The molecule has 1 fully saturated rings. The van der Waals surface area contributed by atoms with Gasteiger partial charge in [0.15, 0.2) is 0 Å². The molecule has 0 bridgehead atoms. The maximum atomic E-state index is 13.4. The number of amides is 1. The van der Waals surface area contributed by atoms with Gasteiger partial charge in [-0.3, -0.25) is 4.79 Å². The fourth-order valence-electron chi connectivity index (χ4n) is 3.93. The first-order chi connectivity index (χ1) is 15.9. The zero-order valence-corrected chi connectivity index (χ0v) is 19.7. The lowest BCUT2D eigenvalue weighted by atomic mass is 9.95. The Morgan fingerprint density at radius 1 is 1.18 bits per heavy atom. The van der Waals surface area contributed by atoms with Crippen LogP contribution in [0.5, 0.6) is 5.88 Å². The second-order valence-corrected chi connectivity index (χ2v) is 8.90. The summed E-state index contributed by atoms with van der Waals surface area (Å²) in [6.45, 7) is 2.31. The van der Waals surface area contributed by atoms with Crippen molar-refractivity contribution in [2.45, 2.75) is 31.4 Å². The Balaban J connectivity index is 1.63. The molecule has 2 aromatic heterocycles. The zero-order valence-electron chi connectivity index (χ0n) is 17.5. The number of nitriles is 1. The van der Waals surface area contributed by atoms with Crippen LogP contribution in [0, 0.1) is 11.3 Å². The maximum Gasteiger partial charge on any atom is 0.273 e. The number of carbonyl (C=O) groups excluding carboxylic acids is 1. The number of benzene rings is 1. The molecule has 3 unspecified atom stereocenters. The molecule has 1 amide bonds. The minimum absolute atomic E-state index is 0.00946. The molecule has 168 valence electrons. The number of hydrogen-bond donors (Lipinski definition) is 0. The van der Waals surface area contributed by atoms with Crippen molar-refractivity contribution in [3.8, 4) is 11.9 Å². The highest BCUT2D eigenvalue weighted by Crippen LogP contribution is 2.37. The van der Waals surface area contributed by atoms with Gasteiger partial charge < -0.3 is 9.64 Å². The lowest BCUT2D eigenvalue weighted by Crippen LogP contribution is -2.44. The summed E-state index contributed by atoms with van der Waals surface area (Å²) in [6, 6.07) is 11.9. The van der Waals surface area contributed by atoms with Crippen LogP contribution in [0.15, 0.2) is 48.8 Å². The van der Waals surface area contributed by atoms with E-state index in [0.717, 1.165) is 5.56 Å². The lowest BCUT2D eigenvalue weighted by molar-refractivity contribution is 0.0575. The van der Waals surface area contributed by atoms with E-state index in [1.165, 1.54) is 18.5 Å². The number of nitrogens with zero attached hydrogens (tertiary/aromatic N) is 5. The highest BCUT2D eigenvalue weighted by Gasteiger charge is 2.41. The Kier molecular flexibility index (Phi) is 6.99. The molecular weight excluding hydrogens is 485 g/mol. The predicted molar refractivity (Wildman–Crippen MR) is 125 cm³/mol. The van der Waals surface area contributed by atoms with Crippen molar-refractivity contribution in [1.29, 1.82) is 5.26 Å². The van der Waals surface area contributed by atoms with Crippen molar-refractivity contribution in [3.05, 3.63) is 80.9 Å². The first-order valence-corrected chi connectivity index (χ1v) is 11.3. The molecule has 3 atom stereocenters. The third-order valence-electron chi connectivity index (χ3n) is 5.54.